The fourth-order valence-corrected chi connectivity index (χ4v) is 2.95. The van der Waals surface area contributed by atoms with Gasteiger partial charge in [0, 0.05) is 24.3 Å². The number of nitriles is 1. The van der Waals surface area contributed by atoms with E-state index in [1.807, 2.05) is 24.3 Å². The number of amides is 1. The molecule has 1 amide bonds. The third kappa shape index (κ3) is 3.59. The zero-order valence-corrected chi connectivity index (χ0v) is 15.5. The van der Waals surface area contributed by atoms with Crippen molar-refractivity contribution in [2.45, 2.75) is 0 Å². The van der Waals surface area contributed by atoms with Crippen molar-refractivity contribution in [3.05, 3.63) is 83.4 Å². The molecule has 0 radical (unpaired) electrons. The second-order valence-corrected chi connectivity index (χ2v) is 6.38. The topological polar surface area (TPSA) is 88.0 Å². The summed E-state index contributed by atoms with van der Waals surface area (Å²) in [6.07, 6.45) is 8.11. The van der Waals surface area contributed by atoms with Crippen molar-refractivity contribution in [3.8, 4) is 11.9 Å². The van der Waals surface area contributed by atoms with E-state index in [-0.39, 0.29) is 16.3 Å². The van der Waals surface area contributed by atoms with Crippen molar-refractivity contribution >= 4 is 34.9 Å². The van der Waals surface area contributed by atoms with Crippen LogP contribution in [0.4, 0.5) is 10.1 Å². The molecule has 1 aromatic carbocycles. The van der Waals surface area contributed by atoms with E-state index in [0.717, 1.165) is 6.07 Å². The van der Waals surface area contributed by atoms with Gasteiger partial charge in [0.15, 0.2) is 5.82 Å². The number of fused-ring (bicyclic) bond motifs is 1. The molecule has 0 atom stereocenters. The van der Waals surface area contributed by atoms with Gasteiger partial charge < -0.3 is 5.32 Å². The monoisotopic (exact) mass is 406 g/mol. The number of anilines is 1. The quantitative estimate of drug-likeness (QED) is 0.411. The molecule has 3 aromatic heterocycles. The maximum Gasteiger partial charge on any atom is 0.266 e. The molecule has 0 bridgehead atoms. The Morgan fingerprint density at radius 2 is 2.14 bits per heavy atom. The van der Waals surface area contributed by atoms with Crippen LogP contribution in [0.15, 0.2) is 66.9 Å². The number of benzene rings is 1. The van der Waals surface area contributed by atoms with E-state index < -0.39 is 11.7 Å². The van der Waals surface area contributed by atoms with Gasteiger partial charge in [0.25, 0.3) is 5.91 Å². The number of nitrogens with one attached hydrogen (secondary N) is 1. The largest absolute Gasteiger partial charge is 0.321 e. The SMILES string of the molecule is N#CC(=Cc1c(-n2ccnc2)nc2ccccn12)C(=O)Nc1ccc(F)c(Cl)c1. The highest BCUT2D eigenvalue weighted by Crippen LogP contribution is 2.22. The highest BCUT2D eigenvalue weighted by atomic mass is 35.5. The Labute approximate surface area is 169 Å². The van der Waals surface area contributed by atoms with Gasteiger partial charge in [-0.15, -0.1) is 0 Å². The standard InChI is InChI=1S/C20H12ClFN6O/c21-15-10-14(4-5-16(15)22)25-20(29)13(11-23)9-17-19(27-8-6-24-12-27)26-18-3-1-2-7-28(17)18/h1-10,12H,(H,25,29). The first kappa shape index (κ1) is 18.4. The van der Waals surface area contributed by atoms with Crippen LogP contribution < -0.4 is 5.32 Å². The van der Waals surface area contributed by atoms with Gasteiger partial charge in [0.1, 0.15) is 29.4 Å². The lowest BCUT2D eigenvalue weighted by Crippen LogP contribution is -2.13. The van der Waals surface area contributed by atoms with Gasteiger partial charge in [-0.2, -0.15) is 5.26 Å². The molecule has 1 N–H and O–H groups in total. The van der Waals surface area contributed by atoms with Crippen LogP contribution in [0.2, 0.25) is 5.02 Å². The van der Waals surface area contributed by atoms with Crippen molar-refractivity contribution in [2.75, 3.05) is 5.32 Å². The highest BCUT2D eigenvalue weighted by molar-refractivity contribution is 6.31. The van der Waals surface area contributed by atoms with Gasteiger partial charge in [-0.05, 0) is 36.4 Å². The molecule has 3 heterocycles. The van der Waals surface area contributed by atoms with Gasteiger partial charge in [0.2, 0.25) is 0 Å². The van der Waals surface area contributed by atoms with Crippen LogP contribution in [0.5, 0.6) is 0 Å². The lowest BCUT2D eigenvalue weighted by molar-refractivity contribution is -0.112. The lowest BCUT2D eigenvalue weighted by atomic mass is 10.2. The number of hydrogen-bond donors (Lipinski definition) is 1. The molecule has 29 heavy (non-hydrogen) atoms. The summed E-state index contributed by atoms with van der Waals surface area (Å²) in [5.41, 5.74) is 1.29. The number of halogens is 2. The minimum atomic E-state index is -0.655. The lowest BCUT2D eigenvalue weighted by Gasteiger charge is -2.06. The third-order valence-electron chi connectivity index (χ3n) is 4.12. The van der Waals surface area contributed by atoms with Crippen molar-refractivity contribution in [1.29, 1.82) is 5.26 Å². The van der Waals surface area contributed by atoms with E-state index >= 15 is 0 Å². The zero-order chi connectivity index (χ0) is 20.4. The summed E-state index contributed by atoms with van der Waals surface area (Å²) in [7, 11) is 0. The van der Waals surface area contributed by atoms with Crippen LogP contribution in [0.25, 0.3) is 17.5 Å². The first-order valence-corrected chi connectivity index (χ1v) is 8.78. The van der Waals surface area contributed by atoms with E-state index in [1.165, 1.54) is 18.2 Å². The molecule has 0 fully saturated rings. The van der Waals surface area contributed by atoms with Crippen LogP contribution in [-0.2, 0) is 4.79 Å². The molecule has 4 aromatic rings. The van der Waals surface area contributed by atoms with Gasteiger partial charge in [-0.25, -0.2) is 14.4 Å². The fourth-order valence-electron chi connectivity index (χ4n) is 2.77. The molecule has 9 heteroatoms. The van der Waals surface area contributed by atoms with E-state index in [4.69, 9.17) is 11.6 Å². The summed E-state index contributed by atoms with van der Waals surface area (Å²) >= 11 is 5.74. The molecule has 4 rings (SSSR count). The summed E-state index contributed by atoms with van der Waals surface area (Å²) in [5, 5.41) is 12.0. The Hall–Kier alpha value is -3.96. The first-order chi connectivity index (χ1) is 14.1. The molecule has 0 aliphatic heterocycles. The van der Waals surface area contributed by atoms with Gasteiger partial charge >= 0.3 is 0 Å². The van der Waals surface area contributed by atoms with Gasteiger partial charge in [-0.3, -0.25) is 13.8 Å². The summed E-state index contributed by atoms with van der Waals surface area (Å²) in [6.45, 7) is 0. The molecule has 0 unspecified atom stereocenters. The van der Waals surface area contributed by atoms with E-state index in [2.05, 4.69) is 15.3 Å². The second-order valence-electron chi connectivity index (χ2n) is 5.97. The number of pyridine rings is 1. The Kier molecular flexibility index (Phi) is 4.81. The molecule has 0 spiro atoms. The van der Waals surface area contributed by atoms with Crippen molar-refractivity contribution in [3.63, 3.8) is 0 Å². The number of carbonyl (C=O) groups is 1. The second kappa shape index (κ2) is 7.58. The number of nitrogens with zero attached hydrogens (tertiary/aromatic N) is 5. The van der Waals surface area contributed by atoms with E-state index in [0.29, 0.717) is 17.2 Å². The number of imidazole rings is 2. The normalized spacial score (nSPS) is 11.4. The Bertz CT molecular complexity index is 1290. The van der Waals surface area contributed by atoms with E-state index in [9.17, 15) is 14.4 Å². The molecule has 0 aliphatic rings. The minimum Gasteiger partial charge on any atom is -0.321 e. The fraction of sp³-hybridized carbons (Fsp3) is 0. The number of hydrogen-bond acceptors (Lipinski definition) is 4. The minimum absolute atomic E-state index is 0.130. The van der Waals surface area contributed by atoms with E-state index in [1.54, 1.807) is 33.9 Å². The summed E-state index contributed by atoms with van der Waals surface area (Å²) < 4.78 is 16.8. The average molecular weight is 407 g/mol. The van der Waals surface area contributed by atoms with Crippen molar-refractivity contribution < 1.29 is 9.18 Å². The molecule has 0 aliphatic carbocycles. The maximum absolute atomic E-state index is 13.3. The molecule has 0 saturated heterocycles. The maximum atomic E-state index is 13.3. The molecule has 7 nitrogen and oxygen atoms in total. The Balaban J connectivity index is 1.76. The predicted molar refractivity (Wildman–Crippen MR) is 106 cm³/mol. The van der Waals surface area contributed by atoms with Gasteiger partial charge in [-0.1, -0.05) is 17.7 Å². The van der Waals surface area contributed by atoms with Crippen LogP contribution in [-0.4, -0.2) is 24.8 Å². The first-order valence-electron chi connectivity index (χ1n) is 8.40. The molecular formula is C20H12ClFN6O. The van der Waals surface area contributed by atoms with Crippen LogP contribution in [0.3, 0.4) is 0 Å². The highest BCUT2D eigenvalue weighted by Gasteiger charge is 2.16. The number of aromatic nitrogens is 4. The van der Waals surface area contributed by atoms with Crippen LogP contribution in [0.1, 0.15) is 5.69 Å². The van der Waals surface area contributed by atoms with Crippen molar-refractivity contribution in [2.24, 2.45) is 0 Å². The summed E-state index contributed by atoms with van der Waals surface area (Å²) in [6, 6.07) is 11.1. The summed E-state index contributed by atoms with van der Waals surface area (Å²) in [5.74, 6) is -0.742. The molecule has 0 saturated carbocycles. The Morgan fingerprint density at radius 1 is 1.28 bits per heavy atom. The number of rotatable bonds is 4. The zero-order valence-electron chi connectivity index (χ0n) is 14.8. The van der Waals surface area contributed by atoms with Crippen molar-refractivity contribution in [1.82, 2.24) is 18.9 Å². The number of carbonyl (C=O) groups excluding carboxylic acids is 1. The van der Waals surface area contributed by atoms with Crippen LogP contribution in [0, 0.1) is 17.1 Å². The average Bonchev–Trinajstić information content (AvgIpc) is 3.36. The molecular weight excluding hydrogens is 395 g/mol. The predicted octanol–water partition coefficient (Wildman–Crippen LogP) is 3.86. The Morgan fingerprint density at radius 3 is 2.86 bits per heavy atom. The third-order valence-corrected chi connectivity index (χ3v) is 4.41. The molecule has 142 valence electrons. The van der Waals surface area contributed by atoms with Gasteiger partial charge in [0.05, 0.1) is 10.7 Å². The smallest absolute Gasteiger partial charge is 0.266 e. The van der Waals surface area contributed by atoms with Crippen LogP contribution >= 0.6 is 11.6 Å². The summed E-state index contributed by atoms with van der Waals surface area (Å²) in [4.78, 5) is 21.2.